The van der Waals surface area contributed by atoms with Crippen molar-refractivity contribution in [1.29, 1.82) is 0 Å². The van der Waals surface area contributed by atoms with Gasteiger partial charge in [-0.15, -0.1) is 0 Å². The lowest BCUT2D eigenvalue weighted by Crippen LogP contribution is -2.25. The van der Waals surface area contributed by atoms with Crippen LogP contribution in [0.3, 0.4) is 0 Å². The zero-order chi connectivity index (χ0) is 18.5. The van der Waals surface area contributed by atoms with Crippen LogP contribution in [0.5, 0.6) is 0 Å². The number of benzene rings is 1. The summed E-state index contributed by atoms with van der Waals surface area (Å²) in [6, 6.07) is 3.04. The predicted octanol–water partition coefficient (Wildman–Crippen LogP) is 6.94. The molecule has 0 saturated heterocycles. The topological polar surface area (TPSA) is 9.23 Å². The Labute approximate surface area is 160 Å². The van der Waals surface area contributed by atoms with E-state index in [1.165, 1.54) is 57.8 Å². The van der Waals surface area contributed by atoms with E-state index < -0.39 is 11.6 Å². The molecule has 2 aliphatic carbocycles. The molecule has 0 N–H and O–H groups in total. The maximum atomic E-state index is 14.2. The largest absolute Gasteiger partial charge is 0.380 e. The minimum absolute atomic E-state index is 0.0216. The van der Waals surface area contributed by atoms with Gasteiger partial charge in [-0.05, 0) is 92.7 Å². The number of rotatable bonds is 5. The summed E-state index contributed by atoms with van der Waals surface area (Å²) in [6.45, 7) is -0.0216. The molecule has 4 heteroatoms. The van der Waals surface area contributed by atoms with E-state index in [0.29, 0.717) is 5.92 Å². The van der Waals surface area contributed by atoms with Crippen molar-refractivity contribution in [2.45, 2.75) is 63.9 Å². The van der Waals surface area contributed by atoms with Gasteiger partial charge in [-0.25, -0.2) is 8.78 Å². The Kier molecular flexibility index (Phi) is 7.11. The molecule has 2 aliphatic rings. The second-order valence-electron chi connectivity index (χ2n) is 8.00. The van der Waals surface area contributed by atoms with Crippen molar-refractivity contribution in [3.05, 3.63) is 46.5 Å². The fraction of sp³-hybridized carbons (Fsp3) is 0.636. The van der Waals surface area contributed by atoms with Crippen molar-refractivity contribution in [2.75, 3.05) is 7.11 Å². The molecule has 1 aromatic carbocycles. The summed E-state index contributed by atoms with van der Waals surface area (Å²) in [4.78, 5) is 0. The highest BCUT2D eigenvalue weighted by Gasteiger charge is 2.31. The first kappa shape index (κ1) is 19.8. The Morgan fingerprint density at radius 1 is 0.962 bits per heavy atom. The number of allylic oxidation sites excluding steroid dienone is 1. The Bertz CT molecular complexity index is 592. The van der Waals surface area contributed by atoms with Crippen molar-refractivity contribution < 1.29 is 13.5 Å². The Morgan fingerprint density at radius 3 is 2.00 bits per heavy atom. The van der Waals surface area contributed by atoms with Gasteiger partial charge < -0.3 is 4.74 Å². The Balaban J connectivity index is 1.56. The first-order valence-electron chi connectivity index (χ1n) is 9.86. The van der Waals surface area contributed by atoms with E-state index in [-0.39, 0.29) is 18.1 Å². The van der Waals surface area contributed by atoms with E-state index in [1.54, 1.807) is 5.54 Å². The summed E-state index contributed by atoms with van der Waals surface area (Å²) in [5.74, 6) is 1.56. The van der Waals surface area contributed by atoms with Crippen molar-refractivity contribution in [1.82, 2.24) is 0 Å². The van der Waals surface area contributed by atoms with Crippen molar-refractivity contribution in [3.63, 3.8) is 0 Å². The van der Waals surface area contributed by atoms with Crippen LogP contribution in [0.15, 0.2) is 23.7 Å². The first-order chi connectivity index (χ1) is 12.6. The summed E-state index contributed by atoms with van der Waals surface area (Å²) >= 11 is 5.70. The van der Waals surface area contributed by atoms with Gasteiger partial charge >= 0.3 is 0 Å². The number of hydrogen-bond donors (Lipinski definition) is 0. The van der Waals surface area contributed by atoms with Crippen LogP contribution in [0.1, 0.15) is 68.4 Å². The van der Waals surface area contributed by atoms with Gasteiger partial charge in [-0.3, -0.25) is 0 Å². The highest BCUT2D eigenvalue weighted by molar-refractivity contribution is 6.25. The molecule has 3 rings (SSSR count). The van der Waals surface area contributed by atoms with Gasteiger partial charge in [0.2, 0.25) is 0 Å². The fourth-order valence-electron chi connectivity index (χ4n) is 4.98. The second-order valence-corrected chi connectivity index (χ2v) is 8.25. The Hall–Kier alpha value is -0.930. The zero-order valence-electron chi connectivity index (χ0n) is 15.5. The van der Waals surface area contributed by atoms with E-state index in [9.17, 15) is 8.78 Å². The van der Waals surface area contributed by atoms with Crippen molar-refractivity contribution >= 4 is 11.6 Å². The third-order valence-corrected chi connectivity index (χ3v) is 6.67. The molecule has 0 aliphatic heterocycles. The summed E-state index contributed by atoms with van der Waals surface area (Å²) in [6.07, 6.45) is 11.6. The van der Waals surface area contributed by atoms with Crippen LogP contribution in [-0.4, -0.2) is 7.11 Å². The van der Waals surface area contributed by atoms with Crippen LogP contribution in [0.2, 0.25) is 0 Å². The summed E-state index contributed by atoms with van der Waals surface area (Å²) in [5, 5.41) is 0. The van der Waals surface area contributed by atoms with E-state index in [4.69, 9.17) is 16.3 Å². The van der Waals surface area contributed by atoms with Crippen LogP contribution >= 0.6 is 11.6 Å². The van der Waals surface area contributed by atoms with Crippen LogP contribution in [-0.2, 0) is 11.3 Å². The minimum Gasteiger partial charge on any atom is -0.380 e. The van der Waals surface area contributed by atoms with Gasteiger partial charge in [0, 0.05) is 18.2 Å². The maximum Gasteiger partial charge on any atom is 0.131 e. The molecule has 0 bridgehead atoms. The third kappa shape index (κ3) is 4.67. The molecule has 2 fully saturated rings. The van der Waals surface area contributed by atoms with Gasteiger partial charge in [0.25, 0.3) is 0 Å². The van der Waals surface area contributed by atoms with E-state index >= 15 is 0 Å². The smallest absolute Gasteiger partial charge is 0.131 e. The van der Waals surface area contributed by atoms with Crippen LogP contribution in [0.25, 0.3) is 0 Å². The first-order valence-corrected chi connectivity index (χ1v) is 10.3. The molecule has 0 heterocycles. The highest BCUT2D eigenvalue weighted by atomic mass is 35.5. The quantitative estimate of drug-likeness (QED) is 0.535. The summed E-state index contributed by atoms with van der Waals surface area (Å²) in [5.41, 5.74) is 2.51. The lowest BCUT2D eigenvalue weighted by Gasteiger charge is -2.37. The highest BCUT2D eigenvalue weighted by Crippen LogP contribution is 2.44. The molecule has 1 nitrogen and oxygen atoms in total. The monoisotopic (exact) mass is 382 g/mol. The maximum absolute atomic E-state index is 14.2. The summed E-state index contributed by atoms with van der Waals surface area (Å²) in [7, 11) is 1.45. The van der Waals surface area contributed by atoms with Gasteiger partial charge in [-0.1, -0.05) is 17.7 Å². The zero-order valence-corrected chi connectivity index (χ0v) is 16.3. The van der Waals surface area contributed by atoms with Crippen LogP contribution < -0.4 is 0 Å². The third-order valence-electron chi connectivity index (χ3n) is 6.52. The average Bonchev–Trinajstić information content (AvgIpc) is 2.66. The van der Waals surface area contributed by atoms with E-state index in [2.05, 4.69) is 6.08 Å². The normalized spacial score (nSPS) is 30.0. The van der Waals surface area contributed by atoms with Gasteiger partial charge in [0.05, 0.1) is 6.61 Å². The molecule has 0 atom stereocenters. The summed E-state index contributed by atoms with van der Waals surface area (Å²) < 4.78 is 33.3. The van der Waals surface area contributed by atoms with Crippen LogP contribution in [0, 0.1) is 29.4 Å². The molecular weight excluding hydrogens is 354 g/mol. The Morgan fingerprint density at radius 2 is 1.50 bits per heavy atom. The lowest BCUT2D eigenvalue weighted by atomic mass is 9.68. The molecule has 1 aromatic rings. The fourth-order valence-corrected chi connectivity index (χ4v) is 5.18. The number of ether oxygens (including phenoxy) is 1. The van der Waals surface area contributed by atoms with E-state index in [1.807, 2.05) is 0 Å². The molecule has 144 valence electrons. The second kappa shape index (κ2) is 9.32. The number of hydrogen-bond acceptors (Lipinski definition) is 1. The number of halogens is 3. The van der Waals surface area contributed by atoms with Gasteiger partial charge in [0.15, 0.2) is 0 Å². The van der Waals surface area contributed by atoms with Gasteiger partial charge in [0.1, 0.15) is 11.6 Å². The van der Waals surface area contributed by atoms with Crippen molar-refractivity contribution in [2.24, 2.45) is 17.8 Å². The van der Waals surface area contributed by atoms with Gasteiger partial charge in [-0.2, -0.15) is 0 Å². The lowest BCUT2D eigenvalue weighted by molar-refractivity contribution is 0.171. The molecular formula is C22H29ClF2O. The van der Waals surface area contributed by atoms with E-state index in [0.717, 1.165) is 30.2 Å². The van der Waals surface area contributed by atoms with Crippen molar-refractivity contribution in [3.8, 4) is 0 Å². The molecule has 2 saturated carbocycles. The minimum atomic E-state index is -0.477. The molecule has 0 radical (unpaired) electrons. The number of methoxy groups -OCH3 is 1. The molecule has 0 aromatic heterocycles. The molecule has 0 spiro atoms. The van der Waals surface area contributed by atoms with Crippen LogP contribution in [0.4, 0.5) is 8.78 Å². The molecule has 0 amide bonds. The predicted molar refractivity (Wildman–Crippen MR) is 102 cm³/mol. The molecule has 0 unspecified atom stereocenters. The standard InChI is InChI=1S/C22H29ClF2O/c1-26-14-20-21(24)12-19(13-22(20)25)18-8-6-17(7-9-18)16-4-2-15(3-5-16)10-11-23/h10-13,15-18H,2-9,14H2,1H3/b11-10+/t15-,16-,17?,18?. The SMILES string of the molecule is COCc1c(F)cc(C2CCC([C@H]3CC[C@H](/C=C/Cl)CC3)CC2)cc1F. The average molecular weight is 383 g/mol. The molecule has 26 heavy (non-hydrogen) atoms.